The van der Waals surface area contributed by atoms with Gasteiger partial charge in [0.1, 0.15) is 0 Å². The van der Waals surface area contributed by atoms with E-state index in [9.17, 15) is 4.20 Å². The molecule has 0 heterocycles. The third-order valence-electron chi connectivity index (χ3n) is 0. The molecule has 0 aromatic rings. The Kier molecular flexibility index (Phi) is 3.39. The zero-order valence-corrected chi connectivity index (χ0v) is 5.65. The highest BCUT2D eigenvalue weighted by molar-refractivity contribution is 9.68. The molecule has 0 spiro atoms. The van der Waals surface area contributed by atoms with Crippen LogP contribution in [0.5, 0.6) is 0 Å². The molecular formula is Br2FP. The van der Waals surface area contributed by atoms with Gasteiger partial charge in [0.2, 0.25) is 5.64 Å². The lowest BCUT2D eigenvalue weighted by Crippen LogP contribution is -0.964. The second-order valence-electron chi connectivity index (χ2n) is 0.192. The van der Waals surface area contributed by atoms with E-state index in [1.54, 1.807) is 0 Å². The maximum absolute atomic E-state index is 10.9. The van der Waals surface area contributed by atoms with Crippen molar-refractivity contribution in [2.45, 2.75) is 0 Å². The zero-order chi connectivity index (χ0) is 3.58. The van der Waals surface area contributed by atoms with Gasteiger partial charge in [-0.25, -0.2) is 4.20 Å². The van der Waals surface area contributed by atoms with Crippen molar-refractivity contribution in [1.29, 1.82) is 0 Å². The molecule has 0 unspecified atom stereocenters. The molecule has 0 radical (unpaired) electrons. The van der Waals surface area contributed by atoms with Crippen LogP contribution in [0.15, 0.2) is 0 Å². The molecule has 26 valence electrons. The first-order valence-electron chi connectivity index (χ1n) is 0.507. The predicted molar refractivity (Wildman–Crippen MR) is 25.9 cm³/mol. The first-order valence-corrected chi connectivity index (χ1v) is 5.78. The molecule has 0 saturated heterocycles. The smallest absolute Gasteiger partial charge is 0.201 e. The monoisotopic (exact) mass is 208 g/mol. The molecule has 0 amide bonds. The van der Waals surface area contributed by atoms with Gasteiger partial charge in [0.05, 0.1) is 0 Å². The third-order valence-corrected chi connectivity index (χ3v) is 0. The van der Waals surface area contributed by atoms with Gasteiger partial charge in [-0.15, -0.1) is 0 Å². The normalized spacial score (nSPS) is 9.00. The van der Waals surface area contributed by atoms with Gasteiger partial charge < -0.3 is 0 Å². The van der Waals surface area contributed by atoms with E-state index in [0.717, 1.165) is 0 Å². The number of hydrogen-bond acceptors (Lipinski definition) is 0. The van der Waals surface area contributed by atoms with Gasteiger partial charge in [-0.3, -0.25) is 0 Å². The highest BCUT2D eigenvalue weighted by Crippen LogP contribution is 2.53. The number of hydrogen-bond donors (Lipinski definition) is 0. The van der Waals surface area contributed by atoms with Crippen molar-refractivity contribution in [2.75, 3.05) is 0 Å². The fourth-order valence-corrected chi connectivity index (χ4v) is 0. The van der Waals surface area contributed by atoms with Crippen molar-refractivity contribution < 1.29 is 4.20 Å². The highest BCUT2D eigenvalue weighted by atomic mass is 79.9. The summed E-state index contributed by atoms with van der Waals surface area (Å²) in [5.74, 6) is 0. The van der Waals surface area contributed by atoms with Gasteiger partial charge in [0.15, 0.2) is 0 Å². The quantitative estimate of drug-likeness (QED) is 0.539. The number of rotatable bonds is 0. The first-order chi connectivity index (χ1) is 1.73. The average molecular weight is 210 g/mol. The van der Waals surface area contributed by atoms with Crippen LogP contribution in [0.1, 0.15) is 0 Å². The second kappa shape index (κ2) is 2.55. The molecule has 0 nitrogen and oxygen atoms in total. The van der Waals surface area contributed by atoms with Crippen molar-refractivity contribution >= 4 is 36.6 Å². The summed E-state index contributed by atoms with van der Waals surface area (Å²) < 4.78 is 10.9. The van der Waals surface area contributed by atoms with Crippen LogP contribution in [0.3, 0.4) is 0 Å². The Morgan fingerprint density at radius 3 is 1.50 bits per heavy atom. The Labute approximate surface area is 41.1 Å². The molecule has 0 bridgehead atoms. The summed E-state index contributed by atoms with van der Waals surface area (Å²) in [6, 6.07) is 0. The molecule has 4 heavy (non-hydrogen) atoms. The zero-order valence-electron chi connectivity index (χ0n) is 1.58. The molecule has 0 aliphatic carbocycles. The van der Waals surface area contributed by atoms with Crippen molar-refractivity contribution in [3.05, 3.63) is 0 Å². The summed E-state index contributed by atoms with van der Waals surface area (Å²) >= 11 is 5.17. The molecule has 0 rings (SSSR count). The first kappa shape index (κ1) is 5.32. The van der Waals surface area contributed by atoms with E-state index in [0.29, 0.717) is 0 Å². The van der Waals surface area contributed by atoms with E-state index < -0.39 is 5.64 Å². The van der Waals surface area contributed by atoms with Gasteiger partial charge in [0.25, 0.3) is 0 Å². The summed E-state index contributed by atoms with van der Waals surface area (Å²) in [7, 11) is 0. The Morgan fingerprint density at radius 2 is 1.50 bits per heavy atom. The minimum atomic E-state index is -1.50. The minimum absolute atomic E-state index is 1.50. The van der Waals surface area contributed by atoms with Gasteiger partial charge in [0, 0.05) is 0 Å². The van der Waals surface area contributed by atoms with E-state index in [1.165, 1.54) is 0 Å². The lowest BCUT2D eigenvalue weighted by Gasteiger charge is -1.67. The van der Waals surface area contributed by atoms with Crippen LogP contribution in [-0.4, -0.2) is 0 Å². The fourth-order valence-electron chi connectivity index (χ4n) is 0. The van der Waals surface area contributed by atoms with E-state index in [4.69, 9.17) is 0 Å². The molecule has 0 aromatic carbocycles. The summed E-state index contributed by atoms with van der Waals surface area (Å²) in [6.45, 7) is 0. The maximum Gasteiger partial charge on any atom is 0.220 e. The van der Waals surface area contributed by atoms with E-state index in [2.05, 4.69) is 31.0 Å². The van der Waals surface area contributed by atoms with Crippen molar-refractivity contribution in [2.24, 2.45) is 0 Å². The van der Waals surface area contributed by atoms with E-state index in [1.807, 2.05) is 0 Å². The lowest BCUT2D eigenvalue weighted by molar-refractivity contribution is 0.934. The van der Waals surface area contributed by atoms with Crippen LogP contribution in [0.25, 0.3) is 0 Å². The number of halogens is 3. The predicted octanol–water partition coefficient (Wildman–Crippen LogP) is 2.97. The molecule has 0 atom stereocenters. The average Bonchev–Trinajstić information content (AvgIpc) is 0.811. The van der Waals surface area contributed by atoms with Crippen molar-refractivity contribution in [3.8, 4) is 0 Å². The molecule has 4 heteroatoms. The van der Waals surface area contributed by atoms with E-state index >= 15 is 0 Å². The van der Waals surface area contributed by atoms with Crippen LogP contribution in [0.2, 0.25) is 0 Å². The standard InChI is InChI=1S/Br2FP/c1-4(2)3. The van der Waals surface area contributed by atoms with Crippen LogP contribution in [0, 0.1) is 0 Å². The Bertz CT molecular complexity index is 10.8. The third kappa shape index (κ3) is 10.3. The van der Waals surface area contributed by atoms with Gasteiger partial charge >= 0.3 is 0 Å². The van der Waals surface area contributed by atoms with Gasteiger partial charge in [-0.2, -0.15) is 0 Å². The molecule has 0 fully saturated rings. The Morgan fingerprint density at radius 1 is 1.50 bits per heavy atom. The van der Waals surface area contributed by atoms with Gasteiger partial charge in [-0.1, -0.05) is 0 Å². The molecule has 0 aliphatic rings. The molecule has 0 N–H and O–H groups in total. The SMILES string of the molecule is FP(Br)Br. The fraction of sp³-hybridized carbons (Fsp3) is 0. The van der Waals surface area contributed by atoms with Crippen LogP contribution in [-0.2, 0) is 0 Å². The topological polar surface area (TPSA) is 0 Å². The van der Waals surface area contributed by atoms with Crippen LogP contribution >= 0.6 is 36.6 Å². The Balaban J connectivity index is 2.32. The van der Waals surface area contributed by atoms with E-state index in [-0.39, 0.29) is 0 Å². The molecule has 0 aromatic heterocycles. The largest absolute Gasteiger partial charge is 0.220 e. The van der Waals surface area contributed by atoms with Gasteiger partial charge in [-0.05, 0) is 31.0 Å². The summed E-state index contributed by atoms with van der Waals surface area (Å²) in [5, 5.41) is 0. The molecule has 0 aliphatic heterocycles. The van der Waals surface area contributed by atoms with Crippen molar-refractivity contribution in [1.82, 2.24) is 0 Å². The second-order valence-corrected chi connectivity index (χ2v) is 7.17. The summed E-state index contributed by atoms with van der Waals surface area (Å²) in [6.07, 6.45) is 0. The van der Waals surface area contributed by atoms with Crippen molar-refractivity contribution in [3.63, 3.8) is 0 Å². The molecular weight excluding hydrogens is 210 g/mol. The highest BCUT2D eigenvalue weighted by Gasteiger charge is 1.81. The summed E-state index contributed by atoms with van der Waals surface area (Å²) in [5.41, 5.74) is -1.50. The van der Waals surface area contributed by atoms with Crippen LogP contribution < -0.4 is 0 Å². The lowest BCUT2D eigenvalue weighted by atomic mass is 18.9. The summed E-state index contributed by atoms with van der Waals surface area (Å²) in [4.78, 5) is 0. The molecule has 0 saturated carbocycles. The Hall–Kier alpha value is 1.32. The van der Waals surface area contributed by atoms with Crippen LogP contribution in [0.4, 0.5) is 4.20 Å². The maximum atomic E-state index is 10.9. The minimum Gasteiger partial charge on any atom is -0.201 e.